The Labute approximate surface area is 132 Å². The summed E-state index contributed by atoms with van der Waals surface area (Å²) in [6.45, 7) is -1.06. The van der Waals surface area contributed by atoms with Gasteiger partial charge in [-0.05, 0) is 12.8 Å². The van der Waals surface area contributed by atoms with Crippen molar-refractivity contribution in [2.45, 2.75) is 36.7 Å². The second kappa shape index (κ2) is 7.38. The molecule has 1 saturated carbocycles. The Morgan fingerprint density at radius 3 is 2.83 bits per heavy atom. The lowest BCUT2D eigenvalue weighted by molar-refractivity contribution is -0.777. The number of ether oxygens (including phenoxy) is 3. The van der Waals surface area contributed by atoms with Gasteiger partial charge < -0.3 is 19.5 Å². The van der Waals surface area contributed by atoms with Gasteiger partial charge >= 0.3 is 23.2 Å². The number of alkyl halides is 2. The summed E-state index contributed by atoms with van der Waals surface area (Å²) < 4.78 is 43.4. The SMILES string of the molecule is O=C(COC(=O)C(F)(F)SOO[O-])OC1CCC2CC1OC2=O. The summed E-state index contributed by atoms with van der Waals surface area (Å²) >= 11 is -0.868. The largest absolute Gasteiger partial charge is 0.691 e. The van der Waals surface area contributed by atoms with Crippen LogP contribution in [0.25, 0.3) is 0 Å². The predicted octanol–water partition coefficient (Wildman–Crippen LogP) is -0.369. The molecule has 0 spiro atoms. The molecule has 0 radical (unpaired) electrons. The number of halogens is 2. The Morgan fingerprint density at radius 2 is 2.13 bits per heavy atom. The van der Waals surface area contributed by atoms with Crippen LogP contribution in [0.4, 0.5) is 8.78 Å². The zero-order valence-electron chi connectivity index (χ0n) is 11.4. The van der Waals surface area contributed by atoms with E-state index in [-0.39, 0.29) is 11.9 Å². The van der Waals surface area contributed by atoms with E-state index in [4.69, 9.17) is 9.47 Å². The molecule has 9 nitrogen and oxygen atoms in total. The molecule has 130 valence electrons. The Bertz CT molecular complexity index is 486. The molecule has 1 aliphatic heterocycles. The van der Waals surface area contributed by atoms with Crippen LogP contribution in [0.5, 0.6) is 0 Å². The highest BCUT2D eigenvalue weighted by molar-refractivity contribution is 7.96. The van der Waals surface area contributed by atoms with Crippen molar-refractivity contribution >= 4 is 30.0 Å². The molecule has 1 heterocycles. The van der Waals surface area contributed by atoms with Gasteiger partial charge in [0, 0.05) is 6.42 Å². The lowest BCUT2D eigenvalue weighted by Gasteiger charge is -2.25. The summed E-state index contributed by atoms with van der Waals surface area (Å²) in [5.41, 5.74) is 0. The van der Waals surface area contributed by atoms with Crippen LogP contribution < -0.4 is 5.26 Å². The number of esters is 3. The molecule has 0 aromatic carbocycles. The summed E-state index contributed by atoms with van der Waals surface area (Å²) in [4.78, 5) is 33.9. The van der Waals surface area contributed by atoms with Crippen molar-refractivity contribution in [3.05, 3.63) is 0 Å². The van der Waals surface area contributed by atoms with Gasteiger partial charge in [0.2, 0.25) is 0 Å². The van der Waals surface area contributed by atoms with Crippen molar-refractivity contribution < 1.29 is 52.0 Å². The average Bonchev–Trinajstić information content (AvgIpc) is 2.81. The number of carbonyl (C=O) groups is 3. The smallest absolute Gasteiger partial charge is 0.415 e. The van der Waals surface area contributed by atoms with Crippen molar-refractivity contribution in [2.75, 3.05) is 6.61 Å². The zero-order valence-corrected chi connectivity index (χ0v) is 12.2. The van der Waals surface area contributed by atoms with Crippen LogP contribution in [0.2, 0.25) is 0 Å². The van der Waals surface area contributed by atoms with E-state index in [0.717, 1.165) is 0 Å². The normalized spacial score (nSPS) is 26.6. The summed E-state index contributed by atoms with van der Waals surface area (Å²) in [6.07, 6.45) is 0.0459. The first kappa shape index (κ1) is 17.8. The second-order valence-electron chi connectivity index (χ2n) is 4.83. The van der Waals surface area contributed by atoms with Crippen molar-refractivity contribution in [1.82, 2.24) is 0 Å². The Hall–Kier alpha value is -1.50. The van der Waals surface area contributed by atoms with Gasteiger partial charge in [-0.3, -0.25) is 9.83 Å². The van der Waals surface area contributed by atoms with Gasteiger partial charge in [0.1, 0.15) is 24.3 Å². The third-order valence-corrected chi connectivity index (χ3v) is 3.84. The fourth-order valence-electron chi connectivity index (χ4n) is 2.32. The second-order valence-corrected chi connectivity index (χ2v) is 5.64. The van der Waals surface area contributed by atoms with Crippen LogP contribution in [0, 0.1) is 5.92 Å². The first-order valence-electron chi connectivity index (χ1n) is 6.43. The molecule has 1 saturated heterocycles. The minimum Gasteiger partial charge on any atom is -0.691 e. The average molecular weight is 357 g/mol. The highest BCUT2D eigenvalue weighted by atomic mass is 32.2. The maximum Gasteiger partial charge on any atom is 0.415 e. The molecular weight excluding hydrogens is 346 g/mol. The van der Waals surface area contributed by atoms with E-state index in [9.17, 15) is 28.4 Å². The number of hydrogen-bond donors (Lipinski definition) is 0. The van der Waals surface area contributed by atoms with Crippen LogP contribution >= 0.6 is 12.0 Å². The van der Waals surface area contributed by atoms with E-state index in [0.29, 0.717) is 19.3 Å². The highest BCUT2D eigenvalue weighted by Crippen LogP contribution is 2.36. The Balaban J connectivity index is 1.75. The van der Waals surface area contributed by atoms with E-state index < -0.39 is 48.1 Å². The molecule has 0 aromatic heterocycles. The summed E-state index contributed by atoms with van der Waals surface area (Å²) in [5, 5.41) is 7.88. The molecular formula is C11H11F2O9S-. The van der Waals surface area contributed by atoms with Crippen molar-refractivity contribution in [2.24, 2.45) is 5.92 Å². The Kier molecular flexibility index (Phi) is 5.73. The van der Waals surface area contributed by atoms with Crippen molar-refractivity contribution in [3.8, 4) is 0 Å². The molecule has 0 aromatic rings. The predicted molar refractivity (Wildman–Crippen MR) is 62.8 cm³/mol. The first-order chi connectivity index (χ1) is 10.8. The van der Waals surface area contributed by atoms with Gasteiger partial charge in [0.15, 0.2) is 6.61 Å². The van der Waals surface area contributed by atoms with Crippen molar-refractivity contribution in [1.29, 1.82) is 0 Å². The van der Waals surface area contributed by atoms with Gasteiger partial charge in [-0.15, -0.1) is 0 Å². The van der Waals surface area contributed by atoms with E-state index >= 15 is 0 Å². The molecule has 2 aliphatic rings. The summed E-state index contributed by atoms with van der Waals surface area (Å²) in [7, 11) is 0. The van der Waals surface area contributed by atoms with E-state index in [1.165, 1.54) is 0 Å². The van der Waals surface area contributed by atoms with Crippen LogP contribution in [0.3, 0.4) is 0 Å². The molecule has 3 atom stereocenters. The number of carbonyl (C=O) groups excluding carboxylic acids is 3. The minimum absolute atomic E-state index is 0.202. The molecule has 2 bridgehead atoms. The fraction of sp³-hybridized carbons (Fsp3) is 0.727. The first-order valence-corrected chi connectivity index (χ1v) is 7.17. The summed E-state index contributed by atoms with van der Waals surface area (Å²) in [5.74, 6) is -3.72. The number of hydrogen-bond acceptors (Lipinski definition) is 10. The minimum atomic E-state index is -4.23. The van der Waals surface area contributed by atoms with Gasteiger partial charge in [0.25, 0.3) is 0 Å². The monoisotopic (exact) mass is 357 g/mol. The van der Waals surface area contributed by atoms with Gasteiger partial charge in [0.05, 0.1) is 5.92 Å². The van der Waals surface area contributed by atoms with Crippen molar-refractivity contribution in [3.63, 3.8) is 0 Å². The quantitative estimate of drug-likeness (QED) is 0.196. The van der Waals surface area contributed by atoms with Gasteiger partial charge in [-0.2, -0.15) is 13.1 Å². The highest BCUT2D eigenvalue weighted by Gasteiger charge is 2.46. The lowest BCUT2D eigenvalue weighted by atomic mass is 9.88. The number of rotatable bonds is 7. The van der Waals surface area contributed by atoms with Gasteiger partial charge in [-0.1, -0.05) is 0 Å². The topological polar surface area (TPSA) is 120 Å². The maximum atomic E-state index is 13.0. The molecule has 2 rings (SSSR count). The summed E-state index contributed by atoms with van der Waals surface area (Å²) in [6, 6.07) is 0. The standard InChI is InChI=1S/C11H12F2O9S/c12-11(13,23-22-21-17)10(16)18-4-8(14)19-6-2-1-5-3-7(6)20-9(5)15/h5-7,17H,1-4H2/p-1. The van der Waals surface area contributed by atoms with E-state index in [2.05, 4.69) is 14.1 Å². The molecule has 23 heavy (non-hydrogen) atoms. The van der Waals surface area contributed by atoms with Crippen LogP contribution in [-0.2, 0) is 38.0 Å². The Morgan fingerprint density at radius 1 is 1.39 bits per heavy atom. The zero-order chi connectivity index (χ0) is 17.0. The molecule has 12 heteroatoms. The fourth-order valence-corrected chi connectivity index (χ4v) is 2.56. The van der Waals surface area contributed by atoms with Crippen LogP contribution in [0.15, 0.2) is 0 Å². The molecule has 0 N–H and O–H groups in total. The molecule has 2 fully saturated rings. The number of fused-ring (bicyclic) bond motifs is 2. The van der Waals surface area contributed by atoms with E-state index in [1.807, 2.05) is 0 Å². The third kappa shape index (κ3) is 4.50. The molecule has 3 unspecified atom stereocenters. The van der Waals surface area contributed by atoms with Gasteiger partial charge in [-0.25, -0.2) is 9.59 Å². The maximum absolute atomic E-state index is 13.0. The van der Waals surface area contributed by atoms with Crippen LogP contribution in [-0.4, -0.2) is 42.0 Å². The third-order valence-electron chi connectivity index (χ3n) is 3.34. The molecule has 0 amide bonds. The lowest BCUT2D eigenvalue weighted by Crippen LogP contribution is -2.36. The van der Waals surface area contributed by atoms with E-state index in [1.54, 1.807) is 0 Å². The van der Waals surface area contributed by atoms with Crippen LogP contribution in [0.1, 0.15) is 19.3 Å². The molecule has 1 aliphatic carbocycles.